The van der Waals surface area contributed by atoms with Crippen molar-refractivity contribution in [2.45, 2.75) is 13.1 Å². The van der Waals surface area contributed by atoms with Gasteiger partial charge in [0.1, 0.15) is 6.26 Å². The van der Waals surface area contributed by atoms with Crippen LogP contribution in [0.5, 0.6) is 0 Å². The van der Waals surface area contributed by atoms with Crippen molar-refractivity contribution in [2.75, 3.05) is 0 Å². The summed E-state index contributed by atoms with van der Waals surface area (Å²) in [6.45, 7) is 1.49. The van der Waals surface area contributed by atoms with Crippen LogP contribution in [0.15, 0.2) is 41.2 Å². The maximum atomic E-state index is 8.65. The fourth-order valence-corrected chi connectivity index (χ4v) is 1.36. The fraction of sp³-hybridized carbons (Fsp3) is 0.167. The Morgan fingerprint density at radius 2 is 1.94 bits per heavy atom. The van der Waals surface area contributed by atoms with Crippen LogP contribution in [0.2, 0.25) is 0 Å². The zero-order valence-corrected chi connectivity index (χ0v) is 8.68. The number of nitrogens with one attached hydrogen (secondary N) is 1. The van der Waals surface area contributed by atoms with Gasteiger partial charge < -0.3 is 9.84 Å². The Bertz CT molecular complexity index is 468. The van der Waals surface area contributed by atoms with Crippen LogP contribution in [0.1, 0.15) is 16.7 Å². The molecule has 0 fully saturated rings. The number of hydrogen-bond acceptors (Lipinski definition) is 4. The monoisotopic (exact) mass is 213 g/mol. The fourth-order valence-electron chi connectivity index (χ4n) is 1.36. The summed E-state index contributed by atoms with van der Waals surface area (Å²) < 4.78 is 4.72. The molecular weight excluding hydrogens is 202 g/mol. The van der Waals surface area contributed by atoms with Gasteiger partial charge in [-0.25, -0.2) is 0 Å². The molecule has 0 aliphatic carbocycles. The highest BCUT2D eigenvalue weighted by atomic mass is 16.5. The van der Waals surface area contributed by atoms with Crippen LogP contribution in [0.25, 0.3) is 0 Å². The van der Waals surface area contributed by atoms with E-state index in [0.29, 0.717) is 5.56 Å². The van der Waals surface area contributed by atoms with E-state index >= 15 is 0 Å². The normalized spacial score (nSPS) is 9.94. The highest BCUT2D eigenvalue weighted by Crippen LogP contribution is 2.03. The minimum atomic E-state index is 0.683. The average molecular weight is 213 g/mol. The summed E-state index contributed by atoms with van der Waals surface area (Å²) in [5, 5.41) is 15.5. The molecule has 4 heteroatoms. The van der Waals surface area contributed by atoms with Gasteiger partial charge in [0, 0.05) is 18.7 Å². The first-order valence-electron chi connectivity index (χ1n) is 4.96. The molecule has 0 spiro atoms. The molecule has 0 saturated carbocycles. The summed E-state index contributed by atoms with van der Waals surface area (Å²) in [7, 11) is 0. The van der Waals surface area contributed by atoms with Gasteiger partial charge >= 0.3 is 0 Å². The van der Waals surface area contributed by atoms with Gasteiger partial charge in [-0.2, -0.15) is 5.26 Å². The van der Waals surface area contributed by atoms with Crippen molar-refractivity contribution >= 4 is 0 Å². The Morgan fingerprint density at radius 1 is 1.19 bits per heavy atom. The molecule has 0 saturated heterocycles. The zero-order valence-electron chi connectivity index (χ0n) is 8.68. The van der Waals surface area contributed by atoms with E-state index in [9.17, 15) is 0 Å². The van der Waals surface area contributed by atoms with Crippen molar-refractivity contribution in [3.8, 4) is 6.07 Å². The molecule has 0 radical (unpaired) electrons. The Kier molecular flexibility index (Phi) is 3.31. The SMILES string of the molecule is N#Cc1ccc(CNCc2cnoc2)cc1. The molecule has 16 heavy (non-hydrogen) atoms. The molecule has 1 N–H and O–H groups in total. The third-order valence-electron chi connectivity index (χ3n) is 2.22. The molecule has 80 valence electrons. The van der Waals surface area contributed by atoms with E-state index in [1.54, 1.807) is 12.5 Å². The molecule has 1 heterocycles. The molecular formula is C12H11N3O. The predicted octanol–water partition coefficient (Wildman–Crippen LogP) is 1.84. The van der Waals surface area contributed by atoms with E-state index in [-0.39, 0.29) is 0 Å². The van der Waals surface area contributed by atoms with Gasteiger partial charge in [-0.1, -0.05) is 17.3 Å². The number of aromatic nitrogens is 1. The van der Waals surface area contributed by atoms with Crippen molar-refractivity contribution in [3.63, 3.8) is 0 Å². The third kappa shape index (κ3) is 2.69. The van der Waals surface area contributed by atoms with Gasteiger partial charge in [-0.15, -0.1) is 0 Å². The molecule has 2 rings (SSSR count). The quantitative estimate of drug-likeness (QED) is 0.841. The average Bonchev–Trinajstić information content (AvgIpc) is 2.83. The van der Waals surface area contributed by atoms with Crippen LogP contribution in [-0.4, -0.2) is 5.16 Å². The lowest BCUT2D eigenvalue weighted by atomic mass is 10.1. The van der Waals surface area contributed by atoms with E-state index in [4.69, 9.17) is 9.78 Å². The molecule has 2 aromatic rings. The molecule has 0 bridgehead atoms. The smallest absolute Gasteiger partial charge is 0.128 e. The molecule has 1 aromatic heterocycles. The molecule has 0 aliphatic heterocycles. The van der Waals surface area contributed by atoms with Crippen molar-refractivity contribution < 1.29 is 4.52 Å². The van der Waals surface area contributed by atoms with Crippen molar-refractivity contribution in [1.82, 2.24) is 10.5 Å². The zero-order chi connectivity index (χ0) is 11.2. The van der Waals surface area contributed by atoms with E-state index in [1.807, 2.05) is 24.3 Å². The lowest BCUT2D eigenvalue weighted by Crippen LogP contribution is -2.11. The molecule has 0 unspecified atom stereocenters. The van der Waals surface area contributed by atoms with E-state index < -0.39 is 0 Å². The van der Waals surface area contributed by atoms with Gasteiger partial charge in [-0.3, -0.25) is 0 Å². The second kappa shape index (κ2) is 5.10. The Balaban J connectivity index is 1.83. The van der Waals surface area contributed by atoms with E-state index in [0.717, 1.165) is 24.2 Å². The minimum Gasteiger partial charge on any atom is -0.364 e. The molecule has 1 aromatic carbocycles. The number of hydrogen-bond donors (Lipinski definition) is 1. The van der Waals surface area contributed by atoms with Gasteiger partial charge in [-0.05, 0) is 17.7 Å². The number of rotatable bonds is 4. The van der Waals surface area contributed by atoms with Crippen LogP contribution in [0.4, 0.5) is 0 Å². The maximum Gasteiger partial charge on any atom is 0.128 e. The summed E-state index contributed by atoms with van der Waals surface area (Å²) in [6, 6.07) is 9.61. The summed E-state index contributed by atoms with van der Waals surface area (Å²) in [5.74, 6) is 0. The van der Waals surface area contributed by atoms with E-state index in [1.165, 1.54) is 0 Å². The predicted molar refractivity (Wildman–Crippen MR) is 58.2 cm³/mol. The molecule has 0 atom stereocenters. The van der Waals surface area contributed by atoms with Crippen LogP contribution in [0, 0.1) is 11.3 Å². The van der Waals surface area contributed by atoms with Gasteiger partial charge in [0.2, 0.25) is 0 Å². The highest BCUT2D eigenvalue weighted by molar-refractivity contribution is 5.31. The first kappa shape index (κ1) is 10.4. The van der Waals surface area contributed by atoms with Gasteiger partial charge in [0.25, 0.3) is 0 Å². The minimum absolute atomic E-state index is 0.683. The van der Waals surface area contributed by atoms with E-state index in [2.05, 4.69) is 16.5 Å². The highest BCUT2D eigenvalue weighted by Gasteiger charge is 1.96. The van der Waals surface area contributed by atoms with Crippen molar-refractivity contribution in [3.05, 3.63) is 53.4 Å². The van der Waals surface area contributed by atoms with Crippen LogP contribution in [0.3, 0.4) is 0 Å². The second-order valence-electron chi connectivity index (χ2n) is 3.44. The van der Waals surface area contributed by atoms with Gasteiger partial charge in [0.05, 0.1) is 17.8 Å². The molecule has 0 amide bonds. The largest absolute Gasteiger partial charge is 0.364 e. The molecule has 0 aliphatic rings. The Labute approximate surface area is 93.5 Å². The summed E-state index contributed by atoms with van der Waals surface area (Å²) >= 11 is 0. The Hall–Kier alpha value is -2.12. The van der Waals surface area contributed by atoms with Gasteiger partial charge in [0.15, 0.2) is 0 Å². The Morgan fingerprint density at radius 3 is 2.56 bits per heavy atom. The first-order valence-corrected chi connectivity index (χ1v) is 4.96. The van der Waals surface area contributed by atoms with Crippen molar-refractivity contribution in [2.24, 2.45) is 0 Å². The van der Waals surface area contributed by atoms with Crippen LogP contribution >= 0.6 is 0 Å². The number of nitrogens with zero attached hydrogens (tertiary/aromatic N) is 2. The number of nitriles is 1. The number of benzene rings is 1. The van der Waals surface area contributed by atoms with Crippen LogP contribution in [-0.2, 0) is 13.1 Å². The standard InChI is InChI=1S/C12H11N3O/c13-5-10-1-3-11(4-2-10)6-14-7-12-8-15-16-9-12/h1-4,8-9,14H,6-7H2. The lowest BCUT2D eigenvalue weighted by Gasteiger charge is -2.02. The summed E-state index contributed by atoms with van der Waals surface area (Å²) in [6.07, 6.45) is 3.30. The third-order valence-corrected chi connectivity index (χ3v) is 2.22. The maximum absolute atomic E-state index is 8.65. The van der Waals surface area contributed by atoms with Crippen molar-refractivity contribution in [1.29, 1.82) is 5.26 Å². The van der Waals surface area contributed by atoms with Crippen LogP contribution < -0.4 is 5.32 Å². The topological polar surface area (TPSA) is 61.9 Å². The summed E-state index contributed by atoms with van der Waals surface area (Å²) in [5.41, 5.74) is 2.85. The first-order chi connectivity index (χ1) is 7.88. The summed E-state index contributed by atoms with van der Waals surface area (Å²) in [4.78, 5) is 0. The second-order valence-corrected chi connectivity index (χ2v) is 3.44. The lowest BCUT2D eigenvalue weighted by molar-refractivity contribution is 0.418. The molecule has 4 nitrogen and oxygen atoms in total.